The Kier molecular flexibility index (Phi) is 6.99. The molecule has 0 aliphatic rings. The number of amides is 1. The number of benzene rings is 1. The number of hydrogen-bond donors (Lipinski definition) is 3. The molecular formula is C13H17NO4S. The number of rotatable bonds is 8. The van der Waals surface area contributed by atoms with Crippen LogP contribution in [0.1, 0.15) is 5.56 Å². The van der Waals surface area contributed by atoms with Crippen LogP contribution >= 0.6 is 11.8 Å². The summed E-state index contributed by atoms with van der Waals surface area (Å²) in [4.78, 5) is 21.7. The minimum atomic E-state index is -1.54. The van der Waals surface area contributed by atoms with Crippen molar-refractivity contribution in [2.24, 2.45) is 0 Å². The second-order valence-corrected chi connectivity index (χ2v) is 5.05. The second-order valence-electron chi connectivity index (χ2n) is 3.95. The number of carbonyl (C=O) groups is 2. The van der Waals surface area contributed by atoms with Gasteiger partial charge < -0.3 is 15.5 Å². The lowest BCUT2D eigenvalue weighted by molar-refractivity contribution is -0.146. The number of aliphatic hydroxyl groups is 1. The van der Waals surface area contributed by atoms with E-state index in [4.69, 9.17) is 10.2 Å². The van der Waals surface area contributed by atoms with Crippen molar-refractivity contribution in [2.45, 2.75) is 12.5 Å². The number of carboxylic acid groups (broad SMARTS) is 1. The lowest BCUT2D eigenvalue weighted by atomic mass is 10.2. The van der Waals surface area contributed by atoms with Crippen LogP contribution in [0.4, 0.5) is 0 Å². The zero-order chi connectivity index (χ0) is 14.1. The van der Waals surface area contributed by atoms with E-state index in [0.717, 1.165) is 12.2 Å². The van der Waals surface area contributed by atoms with Crippen LogP contribution in [-0.4, -0.2) is 46.2 Å². The van der Waals surface area contributed by atoms with Gasteiger partial charge in [0.2, 0.25) is 5.91 Å². The molecule has 0 fully saturated rings. The SMILES string of the molecule is O=C(CSCCc1ccccc1)NCC(O)C(=O)O. The smallest absolute Gasteiger partial charge is 0.334 e. The highest BCUT2D eigenvalue weighted by Gasteiger charge is 2.13. The van der Waals surface area contributed by atoms with E-state index < -0.39 is 12.1 Å². The number of thioether (sulfide) groups is 1. The summed E-state index contributed by atoms with van der Waals surface area (Å²) in [5.41, 5.74) is 1.22. The lowest BCUT2D eigenvalue weighted by Crippen LogP contribution is -2.37. The van der Waals surface area contributed by atoms with Crippen LogP contribution in [0, 0.1) is 0 Å². The average Bonchev–Trinajstić information content (AvgIpc) is 2.42. The predicted octanol–water partition coefficient (Wildman–Crippen LogP) is 0.524. The van der Waals surface area contributed by atoms with Gasteiger partial charge in [-0.25, -0.2) is 4.79 Å². The molecule has 0 saturated carbocycles. The Hall–Kier alpha value is -1.53. The molecule has 0 spiro atoms. The fraction of sp³-hybridized carbons (Fsp3) is 0.385. The van der Waals surface area contributed by atoms with Crippen molar-refractivity contribution < 1.29 is 19.8 Å². The molecule has 19 heavy (non-hydrogen) atoms. The van der Waals surface area contributed by atoms with E-state index in [9.17, 15) is 9.59 Å². The zero-order valence-corrected chi connectivity index (χ0v) is 11.2. The summed E-state index contributed by atoms with van der Waals surface area (Å²) >= 11 is 1.48. The summed E-state index contributed by atoms with van der Waals surface area (Å²) in [5, 5.41) is 19.8. The zero-order valence-electron chi connectivity index (χ0n) is 10.4. The Morgan fingerprint density at radius 1 is 1.26 bits per heavy atom. The molecule has 0 radical (unpaired) electrons. The highest BCUT2D eigenvalue weighted by Crippen LogP contribution is 2.06. The third kappa shape index (κ3) is 6.83. The van der Waals surface area contributed by atoms with E-state index >= 15 is 0 Å². The standard InChI is InChI=1S/C13H17NO4S/c15-11(13(17)18)8-14-12(16)9-19-7-6-10-4-2-1-3-5-10/h1-5,11,15H,6-9H2,(H,14,16)(H,17,18). The fourth-order valence-corrected chi connectivity index (χ4v) is 2.16. The predicted molar refractivity (Wildman–Crippen MR) is 74.1 cm³/mol. The molecule has 0 aliphatic carbocycles. The number of aryl methyl sites for hydroxylation is 1. The number of hydrogen-bond acceptors (Lipinski definition) is 4. The lowest BCUT2D eigenvalue weighted by Gasteiger charge is -2.07. The van der Waals surface area contributed by atoms with Crippen molar-refractivity contribution in [1.29, 1.82) is 0 Å². The highest BCUT2D eigenvalue weighted by molar-refractivity contribution is 7.99. The molecule has 1 rings (SSSR count). The van der Waals surface area contributed by atoms with Crippen molar-refractivity contribution in [1.82, 2.24) is 5.32 Å². The molecule has 0 aromatic heterocycles. The maximum absolute atomic E-state index is 11.3. The van der Waals surface area contributed by atoms with Crippen LogP contribution in [0.3, 0.4) is 0 Å². The van der Waals surface area contributed by atoms with Crippen molar-refractivity contribution in [3.05, 3.63) is 35.9 Å². The molecule has 5 nitrogen and oxygen atoms in total. The van der Waals surface area contributed by atoms with Gasteiger partial charge in [0.15, 0.2) is 6.10 Å². The van der Waals surface area contributed by atoms with Gasteiger partial charge in [0, 0.05) is 0 Å². The minimum absolute atomic E-state index is 0.257. The molecule has 104 valence electrons. The topological polar surface area (TPSA) is 86.6 Å². The first kappa shape index (κ1) is 15.5. The summed E-state index contributed by atoms with van der Waals surface area (Å²) < 4.78 is 0. The number of aliphatic carboxylic acids is 1. The van der Waals surface area contributed by atoms with Crippen LogP contribution in [0.2, 0.25) is 0 Å². The van der Waals surface area contributed by atoms with E-state index in [0.29, 0.717) is 0 Å². The van der Waals surface area contributed by atoms with E-state index in [1.807, 2.05) is 30.3 Å². The first-order valence-corrected chi connectivity index (χ1v) is 7.04. The molecule has 6 heteroatoms. The molecule has 0 bridgehead atoms. The second kappa shape index (κ2) is 8.55. The van der Waals surface area contributed by atoms with Crippen LogP contribution in [0.5, 0.6) is 0 Å². The molecule has 1 atom stereocenters. The Labute approximate surface area is 116 Å². The molecule has 1 aromatic carbocycles. The Morgan fingerprint density at radius 3 is 2.58 bits per heavy atom. The van der Waals surface area contributed by atoms with Gasteiger partial charge in [0.05, 0.1) is 12.3 Å². The van der Waals surface area contributed by atoms with Crippen molar-refractivity contribution >= 4 is 23.6 Å². The summed E-state index contributed by atoms with van der Waals surface area (Å²) in [7, 11) is 0. The number of aliphatic hydroxyl groups excluding tert-OH is 1. The monoisotopic (exact) mass is 283 g/mol. The van der Waals surface area contributed by atoms with Gasteiger partial charge in [-0.2, -0.15) is 11.8 Å². The van der Waals surface area contributed by atoms with Crippen molar-refractivity contribution in [3.8, 4) is 0 Å². The normalized spacial score (nSPS) is 11.8. The van der Waals surface area contributed by atoms with Crippen LogP contribution in [-0.2, 0) is 16.0 Å². The Bertz CT molecular complexity index is 410. The van der Waals surface area contributed by atoms with Gasteiger partial charge in [-0.15, -0.1) is 0 Å². The minimum Gasteiger partial charge on any atom is -0.479 e. The molecule has 3 N–H and O–H groups in total. The third-order valence-electron chi connectivity index (χ3n) is 2.39. The highest BCUT2D eigenvalue weighted by atomic mass is 32.2. The number of nitrogens with one attached hydrogen (secondary N) is 1. The Morgan fingerprint density at radius 2 is 1.95 bits per heavy atom. The number of carbonyl (C=O) groups excluding carboxylic acids is 1. The largest absolute Gasteiger partial charge is 0.479 e. The van der Waals surface area contributed by atoms with E-state index in [1.54, 1.807) is 0 Å². The van der Waals surface area contributed by atoms with Crippen LogP contribution < -0.4 is 5.32 Å². The molecule has 1 unspecified atom stereocenters. The van der Waals surface area contributed by atoms with Gasteiger partial charge in [0.25, 0.3) is 0 Å². The first-order chi connectivity index (χ1) is 9.09. The van der Waals surface area contributed by atoms with Crippen LogP contribution in [0.15, 0.2) is 30.3 Å². The average molecular weight is 283 g/mol. The molecular weight excluding hydrogens is 266 g/mol. The summed E-state index contributed by atoms with van der Waals surface area (Å²) in [6, 6.07) is 9.96. The maximum Gasteiger partial charge on any atom is 0.334 e. The van der Waals surface area contributed by atoms with Gasteiger partial charge in [-0.3, -0.25) is 4.79 Å². The van der Waals surface area contributed by atoms with E-state index in [1.165, 1.54) is 17.3 Å². The number of carboxylic acids is 1. The van der Waals surface area contributed by atoms with Gasteiger partial charge in [-0.1, -0.05) is 30.3 Å². The van der Waals surface area contributed by atoms with Crippen molar-refractivity contribution in [2.75, 3.05) is 18.1 Å². The quantitative estimate of drug-likeness (QED) is 0.606. The summed E-state index contributed by atoms with van der Waals surface area (Å²) in [6.07, 6.45) is -0.658. The van der Waals surface area contributed by atoms with E-state index in [2.05, 4.69) is 5.32 Å². The summed E-state index contributed by atoms with van der Waals surface area (Å²) in [5.74, 6) is -0.520. The van der Waals surface area contributed by atoms with Crippen molar-refractivity contribution in [3.63, 3.8) is 0 Å². The van der Waals surface area contributed by atoms with Crippen LogP contribution in [0.25, 0.3) is 0 Å². The molecule has 0 saturated heterocycles. The first-order valence-electron chi connectivity index (χ1n) is 5.89. The van der Waals surface area contributed by atoms with Gasteiger partial charge in [-0.05, 0) is 17.7 Å². The molecule has 0 aliphatic heterocycles. The summed E-state index contributed by atoms with van der Waals surface area (Å²) in [6.45, 7) is -0.257. The van der Waals surface area contributed by atoms with E-state index in [-0.39, 0.29) is 18.2 Å². The maximum atomic E-state index is 11.3. The molecule has 1 aromatic rings. The fourth-order valence-electron chi connectivity index (χ4n) is 1.35. The van der Waals surface area contributed by atoms with Gasteiger partial charge in [0.1, 0.15) is 0 Å². The van der Waals surface area contributed by atoms with Gasteiger partial charge >= 0.3 is 5.97 Å². The molecule has 0 heterocycles. The third-order valence-corrected chi connectivity index (χ3v) is 3.35. The molecule has 1 amide bonds. The Balaban J connectivity index is 2.09.